The molecule has 2 aliphatic rings. The van der Waals surface area contributed by atoms with E-state index in [1.165, 1.54) is 0 Å². The Labute approximate surface area is 178 Å². The van der Waals surface area contributed by atoms with Crippen molar-refractivity contribution in [3.05, 3.63) is 59.6 Å². The first-order valence-electron chi connectivity index (χ1n) is 10.3. The molecule has 0 saturated heterocycles. The first kappa shape index (κ1) is 21.2. The maximum atomic E-state index is 12.2. The molecule has 3 N–H and O–H groups in total. The Morgan fingerprint density at radius 3 is 2.69 bits per heavy atom. The van der Waals surface area contributed by atoms with Gasteiger partial charge in [0.15, 0.2) is 0 Å². The van der Waals surface area contributed by atoms with Crippen molar-refractivity contribution in [1.29, 1.82) is 0 Å². The third-order valence-corrected chi connectivity index (χ3v) is 5.76. The van der Waals surface area contributed by atoms with Crippen molar-refractivity contribution in [2.45, 2.75) is 46.5 Å². The van der Waals surface area contributed by atoms with E-state index in [0.29, 0.717) is 5.82 Å². The van der Waals surface area contributed by atoms with Crippen molar-refractivity contribution in [3.8, 4) is 0 Å². The number of benzene rings is 1. The zero-order valence-electron chi connectivity index (χ0n) is 17.4. The lowest BCUT2D eigenvalue weighted by molar-refractivity contribution is -0.121. The Morgan fingerprint density at radius 2 is 2.03 bits per heavy atom. The van der Waals surface area contributed by atoms with E-state index in [1.54, 1.807) is 11.9 Å². The predicted molar refractivity (Wildman–Crippen MR) is 124 cm³/mol. The molecule has 154 valence electrons. The summed E-state index contributed by atoms with van der Waals surface area (Å²) in [5.74, 6) is 2.70. The van der Waals surface area contributed by atoms with E-state index in [9.17, 15) is 4.79 Å². The molecule has 29 heavy (non-hydrogen) atoms. The van der Waals surface area contributed by atoms with E-state index in [0.717, 1.165) is 59.7 Å². The van der Waals surface area contributed by atoms with Crippen LogP contribution in [0.3, 0.4) is 0 Å². The smallest absolute Gasteiger partial charge is 0.228 e. The van der Waals surface area contributed by atoms with Gasteiger partial charge in [-0.15, -0.1) is 0 Å². The number of hydrogen-bond donors (Lipinski definition) is 3. The highest BCUT2D eigenvalue weighted by molar-refractivity contribution is 8.00. The number of allylic oxidation sites excluding steroid dienone is 2. The number of amidine groups is 1. The average molecular weight is 411 g/mol. The van der Waals surface area contributed by atoms with Crippen molar-refractivity contribution in [2.24, 2.45) is 10.9 Å². The maximum Gasteiger partial charge on any atom is 0.228 e. The second kappa shape index (κ2) is 10.3. The fourth-order valence-corrected chi connectivity index (χ4v) is 3.56. The van der Waals surface area contributed by atoms with Gasteiger partial charge < -0.3 is 15.4 Å². The number of aliphatic imine (C=N–C) groups is 1. The van der Waals surface area contributed by atoms with E-state index in [-0.39, 0.29) is 11.8 Å². The van der Waals surface area contributed by atoms with E-state index >= 15 is 0 Å². The first-order valence-corrected chi connectivity index (χ1v) is 11.3. The second-order valence-corrected chi connectivity index (χ2v) is 8.17. The van der Waals surface area contributed by atoms with Crippen molar-refractivity contribution in [3.63, 3.8) is 0 Å². The van der Waals surface area contributed by atoms with Gasteiger partial charge in [-0.05, 0) is 68.0 Å². The number of amides is 1. The maximum absolute atomic E-state index is 12.2. The standard InChI is InChI=1S/C23H30N4OS/c1-4-6-21(26-23(28)18-7-8-18)25-22-20(13-14-24-22)16(3)17-9-11-19(12-10-17)27-29-15-5-2/h6,9-14,18,27H,4-5,7-8,15H2,1-3H3,(H,24,25)(H,26,28)/b20-16+,21-6-. The highest BCUT2D eigenvalue weighted by Gasteiger charge is 2.30. The molecule has 0 atom stereocenters. The van der Waals surface area contributed by atoms with Crippen LogP contribution in [0.4, 0.5) is 5.69 Å². The summed E-state index contributed by atoms with van der Waals surface area (Å²) in [5.41, 5.74) is 4.43. The number of carbonyl (C=O) groups excluding carboxylic acids is 1. The summed E-state index contributed by atoms with van der Waals surface area (Å²) in [5, 5.41) is 6.19. The van der Waals surface area contributed by atoms with E-state index < -0.39 is 0 Å². The van der Waals surface area contributed by atoms with Crippen LogP contribution in [0.1, 0.15) is 52.0 Å². The van der Waals surface area contributed by atoms with E-state index in [1.807, 2.05) is 25.3 Å². The van der Waals surface area contributed by atoms with Gasteiger partial charge in [0.25, 0.3) is 0 Å². The van der Waals surface area contributed by atoms with Crippen LogP contribution in [0, 0.1) is 5.92 Å². The summed E-state index contributed by atoms with van der Waals surface area (Å²) in [4.78, 5) is 16.9. The van der Waals surface area contributed by atoms with Gasteiger partial charge in [-0.3, -0.25) is 4.79 Å². The molecule has 1 amide bonds. The van der Waals surface area contributed by atoms with Crippen LogP contribution in [0.15, 0.2) is 59.0 Å². The van der Waals surface area contributed by atoms with Crippen LogP contribution in [0.5, 0.6) is 0 Å². The molecule has 0 bridgehead atoms. The molecular weight excluding hydrogens is 380 g/mol. The zero-order valence-corrected chi connectivity index (χ0v) is 18.2. The average Bonchev–Trinajstić information content (AvgIpc) is 3.48. The third kappa shape index (κ3) is 6.00. The molecule has 0 aromatic heterocycles. The van der Waals surface area contributed by atoms with Gasteiger partial charge >= 0.3 is 0 Å². The van der Waals surface area contributed by atoms with Crippen LogP contribution in [-0.4, -0.2) is 17.5 Å². The van der Waals surface area contributed by atoms with Gasteiger partial charge in [0, 0.05) is 29.1 Å². The van der Waals surface area contributed by atoms with Gasteiger partial charge in [0.05, 0.1) is 0 Å². The molecule has 5 nitrogen and oxygen atoms in total. The summed E-state index contributed by atoms with van der Waals surface area (Å²) < 4.78 is 3.37. The molecule has 0 unspecified atom stereocenters. The third-order valence-electron chi connectivity index (χ3n) is 4.77. The van der Waals surface area contributed by atoms with Crippen molar-refractivity contribution in [2.75, 3.05) is 10.5 Å². The zero-order chi connectivity index (χ0) is 20.6. The predicted octanol–water partition coefficient (Wildman–Crippen LogP) is 5.22. The molecule has 3 rings (SSSR count). The largest absolute Gasteiger partial charge is 0.346 e. The van der Waals surface area contributed by atoms with Gasteiger partial charge in [-0.25, -0.2) is 4.99 Å². The van der Waals surface area contributed by atoms with Crippen molar-refractivity contribution >= 4 is 35.0 Å². The summed E-state index contributed by atoms with van der Waals surface area (Å²) in [6.45, 7) is 6.32. The molecule has 0 radical (unpaired) electrons. The lowest BCUT2D eigenvalue weighted by Crippen LogP contribution is -2.25. The van der Waals surface area contributed by atoms with Crippen LogP contribution < -0.4 is 15.4 Å². The van der Waals surface area contributed by atoms with Crippen LogP contribution in [0.25, 0.3) is 5.57 Å². The summed E-state index contributed by atoms with van der Waals surface area (Å²) in [6, 6.07) is 8.45. The highest BCUT2D eigenvalue weighted by atomic mass is 32.2. The Kier molecular flexibility index (Phi) is 7.58. The van der Waals surface area contributed by atoms with Crippen LogP contribution in [-0.2, 0) is 4.79 Å². The molecule has 1 aromatic rings. The molecule has 1 aliphatic carbocycles. The summed E-state index contributed by atoms with van der Waals surface area (Å²) in [6.07, 6.45) is 9.80. The Balaban J connectivity index is 1.77. The minimum absolute atomic E-state index is 0.0753. The molecule has 1 fully saturated rings. The van der Waals surface area contributed by atoms with Crippen molar-refractivity contribution in [1.82, 2.24) is 10.6 Å². The Morgan fingerprint density at radius 1 is 1.28 bits per heavy atom. The normalized spacial score (nSPS) is 19.3. The van der Waals surface area contributed by atoms with Crippen LogP contribution >= 0.6 is 11.9 Å². The minimum atomic E-state index is 0.0753. The molecule has 1 heterocycles. The molecule has 6 heteroatoms. The monoisotopic (exact) mass is 410 g/mol. The van der Waals surface area contributed by atoms with E-state index in [2.05, 4.69) is 53.5 Å². The lowest BCUT2D eigenvalue weighted by Gasteiger charge is -2.11. The first-order chi connectivity index (χ1) is 14.1. The van der Waals surface area contributed by atoms with E-state index in [4.69, 9.17) is 4.99 Å². The number of carbonyl (C=O) groups is 1. The fourth-order valence-electron chi connectivity index (χ4n) is 2.95. The van der Waals surface area contributed by atoms with Gasteiger partial charge in [0.1, 0.15) is 11.7 Å². The quantitative estimate of drug-likeness (QED) is 0.386. The molecule has 0 spiro atoms. The lowest BCUT2D eigenvalue weighted by atomic mass is 10.0. The van der Waals surface area contributed by atoms with Gasteiger partial charge in [0.2, 0.25) is 5.91 Å². The van der Waals surface area contributed by atoms with Gasteiger partial charge in [-0.1, -0.05) is 37.9 Å². The topological polar surface area (TPSA) is 65.5 Å². The second-order valence-electron chi connectivity index (χ2n) is 7.27. The molecule has 1 saturated carbocycles. The number of nitrogens with zero attached hydrogens (tertiary/aromatic N) is 1. The molecule has 1 aliphatic heterocycles. The number of hydrogen-bond acceptors (Lipinski definition) is 4. The number of nitrogens with one attached hydrogen (secondary N) is 3. The summed E-state index contributed by atoms with van der Waals surface area (Å²) in [7, 11) is 0. The minimum Gasteiger partial charge on any atom is -0.346 e. The number of rotatable bonds is 9. The fraction of sp³-hybridized carbons (Fsp3) is 0.391. The highest BCUT2D eigenvalue weighted by Crippen LogP contribution is 2.29. The van der Waals surface area contributed by atoms with Crippen molar-refractivity contribution < 1.29 is 4.79 Å². The Bertz CT molecular complexity index is 848. The molecular formula is C23H30N4OS. The molecule has 1 aromatic carbocycles. The van der Waals surface area contributed by atoms with Crippen LogP contribution in [0.2, 0.25) is 0 Å². The Hall–Kier alpha value is -2.47. The SMILES string of the molecule is CC/C=C(/N=C1/NC=C/C1=C(/C)c1ccc(NSCCC)cc1)NC(=O)C1CC1. The number of anilines is 1. The summed E-state index contributed by atoms with van der Waals surface area (Å²) >= 11 is 1.73. The van der Waals surface area contributed by atoms with Gasteiger partial charge in [-0.2, -0.15) is 0 Å².